The van der Waals surface area contributed by atoms with Crippen molar-refractivity contribution < 1.29 is 8.42 Å². The molecule has 0 atom stereocenters. The number of rotatable bonds is 7. The summed E-state index contributed by atoms with van der Waals surface area (Å²) in [4.78, 5) is 2.46. The molecule has 0 amide bonds. The molecule has 2 aromatic carbocycles. The van der Waals surface area contributed by atoms with Crippen molar-refractivity contribution in [2.24, 2.45) is 0 Å². The molecule has 1 N–H and O–H groups in total. The Morgan fingerprint density at radius 3 is 2.12 bits per heavy atom. The molecule has 1 heterocycles. The van der Waals surface area contributed by atoms with Crippen molar-refractivity contribution in [3.05, 3.63) is 65.7 Å². The van der Waals surface area contributed by atoms with E-state index in [9.17, 15) is 8.42 Å². The molecular formula is C21H28N2O2S. The van der Waals surface area contributed by atoms with E-state index in [1.165, 1.54) is 31.4 Å². The third-order valence-corrected chi connectivity index (χ3v) is 6.20. The first-order valence-electron chi connectivity index (χ1n) is 9.47. The number of sulfonamides is 1. The van der Waals surface area contributed by atoms with E-state index < -0.39 is 10.0 Å². The first-order valence-corrected chi connectivity index (χ1v) is 11.1. The highest BCUT2D eigenvalue weighted by atomic mass is 32.2. The van der Waals surface area contributed by atoms with Gasteiger partial charge in [-0.05, 0) is 42.5 Å². The molecule has 1 saturated heterocycles. The predicted molar refractivity (Wildman–Crippen MR) is 108 cm³/mol. The standard InChI is InChI=1S/C21H28N2O2S/c24-26(25,18-20-8-4-3-5-9-20)22-15-14-19-10-12-21(13-11-19)23-16-6-1-2-7-17-23/h3-5,8-13,22H,1-2,6-7,14-18H2. The molecule has 0 aliphatic carbocycles. The molecule has 0 saturated carbocycles. The number of benzene rings is 2. The molecule has 140 valence electrons. The van der Waals surface area contributed by atoms with Crippen LogP contribution in [0.2, 0.25) is 0 Å². The van der Waals surface area contributed by atoms with Gasteiger partial charge in [0.2, 0.25) is 10.0 Å². The highest BCUT2D eigenvalue weighted by molar-refractivity contribution is 7.88. The van der Waals surface area contributed by atoms with Gasteiger partial charge in [-0.3, -0.25) is 0 Å². The smallest absolute Gasteiger partial charge is 0.215 e. The molecule has 3 rings (SSSR count). The van der Waals surface area contributed by atoms with Gasteiger partial charge in [0.1, 0.15) is 0 Å². The number of hydrogen-bond donors (Lipinski definition) is 1. The molecule has 0 bridgehead atoms. The monoisotopic (exact) mass is 372 g/mol. The Morgan fingerprint density at radius 1 is 0.808 bits per heavy atom. The van der Waals surface area contributed by atoms with Crippen molar-refractivity contribution in [1.82, 2.24) is 4.72 Å². The van der Waals surface area contributed by atoms with Gasteiger partial charge in [0.05, 0.1) is 5.75 Å². The van der Waals surface area contributed by atoms with E-state index in [-0.39, 0.29) is 5.75 Å². The molecular weight excluding hydrogens is 344 g/mol. The van der Waals surface area contributed by atoms with Crippen molar-refractivity contribution in [2.45, 2.75) is 37.9 Å². The van der Waals surface area contributed by atoms with E-state index >= 15 is 0 Å². The van der Waals surface area contributed by atoms with Gasteiger partial charge in [0.25, 0.3) is 0 Å². The van der Waals surface area contributed by atoms with Crippen molar-refractivity contribution in [1.29, 1.82) is 0 Å². The summed E-state index contributed by atoms with van der Waals surface area (Å²) in [5.41, 5.74) is 3.24. The third-order valence-electron chi connectivity index (χ3n) is 4.84. The van der Waals surface area contributed by atoms with Gasteiger partial charge in [0, 0.05) is 25.3 Å². The van der Waals surface area contributed by atoms with Gasteiger partial charge in [-0.15, -0.1) is 0 Å². The number of hydrogen-bond acceptors (Lipinski definition) is 3. The zero-order chi connectivity index (χ0) is 18.2. The molecule has 5 heteroatoms. The third kappa shape index (κ3) is 5.85. The summed E-state index contributed by atoms with van der Waals surface area (Å²) >= 11 is 0. The Labute approximate surface area is 157 Å². The predicted octanol–water partition coefficient (Wildman–Crippen LogP) is 3.73. The zero-order valence-electron chi connectivity index (χ0n) is 15.2. The van der Waals surface area contributed by atoms with E-state index in [1.807, 2.05) is 30.3 Å². The second-order valence-corrected chi connectivity index (χ2v) is 8.76. The largest absolute Gasteiger partial charge is 0.372 e. The van der Waals surface area contributed by atoms with E-state index in [0.29, 0.717) is 13.0 Å². The van der Waals surface area contributed by atoms with Crippen LogP contribution in [0.3, 0.4) is 0 Å². The van der Waals surface area contributed by atoms with Crippen LogP contribution in [0.15, 0.2) is 54.6 Å². The average Bonchev–Trinajstić information content (AvgIpc) is 2.92. The Hall–Kier alpha value is -1.85. The average molecular weight is 373 g/mol. The van der Waals surface area contributed by atoms with E-state index in [4.69, 9.17) is 0 Å². The molecule has 26 heavy (non-hydrogen) atoms. The lowest BCUT2D eigenvalue weighted by Crippen LogP contribution is -2.27. The minimum atomic E-state index is -3.29. The van der Waals surface area contributed by atoms with Gasteiger partial charge in [0.15, 0.2) is 0 Å². The van der Waals surface area contributed by atoms with Crippen molar-refractivity contribution in [2.75, 3.05) is 24.5 Å². The van der Waals surface area contributed by atoms with Crippen LogP contribution < -0.4 is 9.62 Å². The maximum Gasteiger partial charge on any atom is 0.215 e. The molecule has 1 aliphatic rings. The van der Waals surface area contributed by atoms with E-state index in [0.717, 1.165) is 24.2 Å². The Morgan fingerprint density at radius 2 is 1.46 bits per heavy atom. The minimum Gasteiger partial charge on any atom is -0.372 e. The maximum atomic E-state index is 12.2. The fourth-order valence-corrected chi connectivity index (χ4v) is 4.54. The summed E-state index contributed by atoms with van der Waals surface area (Å²) < 4.78 is 27.0. The second-order valence-electron chi connectivity index (χ2n) is 6.96. The topological polar surface area (TPSA) is 49.4 Å². The van der Waals surface area contributed by atoms with Crippen molar-refractivity contribution in [3.8, 4) is 0 Å². The molecule has 1 fully saturated rings. The van der Waals surface area contributed by atoms with Crippen LogP contribution in [0.25, 0.3) is 0 Å². The molecule has 2 aromatic rings. The van der Waals surface area contributed by atoms with Crippen LogP contribution in [0.1, 0.15) is 36.8 Å². The van der Waals surface area contributed by atoms with Crippen LogP contribution in [0.5, 0.6) is 0 Å². The van der Waals surface area contributed by atoms with Crippen LogP contribution in [0.4, 0.5) is 5.69 Å². The Balaban J connectivity index is 1.48. The van der Waals surface area contributed by atoms with Gasteiger partial charge in [-0.2, -0.15) is 0 Å². The van der Waals surface area contributed by atoms with Gasteiger partial charge < -0.3 is 4.90 Å². The minimum absolute atomic E-state index is 0.0295. The summed E-state index contributed by atoms with van der Waals surface area (Å²) in [5.74, 6) is 0.0295. The van der Waals surface area contributed by atoms with Gasteiger partial charge >= 0.3 is 0 Å². The molecule has 0 spiro atoms. The quantitative estimate of drug-likeness (QED) is 0.806. The SMILES string of the molecule is O=S(=O)(Cc1ccccc1)NCCc1ccc(N2CCCCCC2)cc1. The van der Waals surface area contributed by atoms with Gasteiger partial charge in [-0.25, -0.2) is 13.1 Å². The lowest BCUT2D eigenvalue weighted by atomic mass is 10.1. The van der Waals surface area contributed by atoms with Crippen LogP contribution in [-0.4, -0.2) is 28.1 Å². The first-order chi connectivity index (χ1) is 12.6. The first kappa shape index (κ1) is 18.9. The van der Waals surface area contributed by atoms with Crippen LogP contribution in [0, 0.1) is 0 Å². The lowest BCUT2D eigenvalue weighted by Gasteiger charge is -2.22. The van der Waals surface area contributed by atoms with Gasteiger partial charge in [-0.1, -0.05) is 55.3 Å². The lowest BCUT2D eigenvalue weighted by molar-refractivity contribution is 0.581. The Bertz CT molecular complexity index is 765. The Kier molecular flexibility index (Phi) is 6.69. The van der Waals surface area contributed by atoms with E-state index in [1.54, 1.807) is 0 Å². The molecule has 1 aliphatic heterocycles. The number of nitrogens with zero attached hydrogens (tertiary/aromatic N) is 1. The summed E-state index contributed by atoms with van der Waals surface area (Å²) in [7, 11) is -3.29. The molecule has 0 radical (unpaired) electrons. The number of anilines is 1. The highest BCUT2D eigenvalue weighted by Gasteiger charge is 2.12. The highest BCUT2D eigenvalue weighted by Crippen LogP contribution is 2.20. The fourth-order valence-electron chi connectivity index (χ4n) is 3.40. The summed E-state index contributed by atoms with van der Waals surface area (Å²) in [5, 5.41) is 0. The molecule has 4 nitrogen and oxygen atoms in total. The maximum absolute atomic E-state index is 12.2. The molecule has 0 unspecified atom stereocenters. The zero-order valence-corrected chi connectivity index (χ0v) is 16.0. The summed E-state index contributed by atoms with van der Waals surface area (Å²) in [6, 6.07) is 17.8. The second kappa shape index (κ2) is 9.19. The van der Waals surface area contributed by atoms with Crippen LogP contribution in [-0.2, 0) is 22.2 Å². The molecule has 0 aromatic heterocycles. The summed E-state index contributed by atoms with van der Waals surface area (Å²) in [6.45, 7) is 2.70. The van der Waals surface area contributed by atoms with Crippen molar-refractivity contribution >= 4 is 15.7 Å². The van der Waals surface area contributed by atoms with Crippen molar-refractivity contribution in [3.63, 3.8) is 0 Å². The van der Waals surface area contributed by atoms with Crippen LogP contribution >= 0.6 is 0 Å². The summed E-state index contributed by atoms with van der Waals surface area (Å²) in [6.07, 6.45) is 5.90. The van der Waals surface area contributed by atoms with E-state index in [2.05, 4.69) is 33.9 Å². The fraction of sp³-hybridized carbons (Fsp3) is 0.429. The number of nitrogens with one attached hydrogen (secondary N) is 1. The normalized spacial score (nSPS) is 15.6.